The van der Waals surface area contributed by atoms with Gasteiger partial charge in [-0.2, -0.15) is 0 Å². The van der Waals surface area contributed by atoms with Gasteiger partial charge in [-0.05, 0) is 55.9 Å². The summed E-state index contributed by atoms with van der Waals surface area (Å²) >= 11 is 0. The molecule has 0 unspecified atom stereocenters. The molecule has 7 heteroatoms. The standard InChI is InChI=1S/C30H37N3O4/c1-3-26(28(35)31-23-14-5-4-6-15-23)33(20-22-13-8-7-12-21(22)2)27(34)18-11-19-32-29(36)24-16-9-10-17-25(24)30(32)37/h7-10,12-13,16-17,23,26H,3-6,11,14-15,18-20H2,1-2H3,(H,31,35)/t26-/m0/s1. The molecule has 0 aromatic heterocycles. The molecule has 196 valence electrons. The Morgan fingerprint density at radius 2 is 1.59 bits per heavy atom. The first-order valence-electron chi connectivity index (χ1n) is 13.5. The second-order valence-corrected chi connectivity index (χ2v) is 10.1. The third kappa shape index (κ3) is 6.09. The summed E-state index contributed by atoms with van der Waals surface area (Å²) in [6, 6.07) is 14.3. The highest BCUT2D eigenvalue weighted by Gasteiger charge is 2.35. The molecule has 1 aliphatic heterocycles. The molecule has 2 aromatic carbocycles. The lowest BCUT2D eigenvalue weighted by molar-refractivity contribution is -0.142. The van der Waals surface area contributed by atoms with E-state index < -0.39 is 6.04 Å². The van der Waals surface area contributed by atoms with Crippen LogP contribution in [-0.4, -0.2) is 52.1 Å². The van der Waals surface area contributed by atoms with Gasteiger partial charge in [0.25, 0.3) is 11.8 Å². The number of amides is 4. The van der Waals surface area contributed by atoms with Crippen molar-refractivity contribution in [1.82, 2.24) is 15.1 Å². The molecular weight excluding hydrogens is 466 g/mol. The van der Waals surface area contributed by atoms with Crippen molar-refractivity contribution in [2.24, 2.45) is 0 Å². The van der Waals surface area contributed by atoms with Crippen LogP contribution in [0.4, 0.5) is 0 Å². The fourth-order valence-electron chi connectivity index (χ4n) is 5.41. The average Bonchev–Trinajstić information content (AvgIpc) is 3.15. The molecular formula is C30H37N3O4. The second kappa shape index (κ2) is 12.2. The van der Waals surface area contributed by atoms with Crippen LogP contribution in [0, 0.1) is 6.92 Å². The minimum atomic E-state index is -0.576. The summed E-state index contributed by atoms with van der Waals surface area (Å²) in [4.78, 5) is 55.2. The predicted octanol–water partition coefficient (Wildman–Crippen LogP) is 4.63. The van der Waals surface area contributed by atoms with Gasteiger partial charge < -0.3 is 10.2 Å². The van der Waals surface area contributed by atoms with Crippen LogP contribution >= 0.6 is 0 Å². The van der Waals surface area contributed by atoms with Gasteiger partial charge in [-0.3, -0.25) is 24.1 Å². The Morgan fingerprint density at radius 1 is 0.973 bits per heavy atom. The number of rotatable bonds is 10. The molecule has 1 fully saturated rings. The minimum Gasteiger partial charge on any atom is -0.352 e. The van der Waals surface area contributed by atoms with E-state index in [0.717, 1.165) is 36.8 Å². The monoisotopic (exact) mass is 503 g/mol. The zero-order valence-electron chi connectivity index (χ0n) is 21.9. The lowest BCUT2D eigenvalue weighted by Crippen LogP contribution is -2.51. The summed E-state index contributed by atoms with van der Waals surface area (Å²) in [5.74, 6) is -0.881. The third-order valence-electron chi connectivity index (χ3n) is 7.59. The summed E-state index contributed by atoms with van der Waals surface area (Å²) in [6.07, 6.45) is 6.39. The van der Waals surface area contributed by atoms with E-state index >= 15 is 0 Å². The van der Waals surface area contributed by atoms with Gasteiger partial charge >= 0.3 is 0 Å². The van der Waals surface area contributed by atoms with Crippen LogP contribution in [0.1, 0.15) is 90.1 Å². The topological polar surface area (TPSA) is 86.8 Å². The SMILES string of the molecule is CC[C@@H](C(=O)NC1CCCCC1)N(Cc1ccccc1C)C(=O)CCCN1C(=O)c2ccccc2C1=O. The molecule has 7 nitrogen and oxygen atoms in total. The zero-order chi connectivity index (χ0) is 26.4. The molecule has 2 aromatic rings. The first-order valence-corrected chi connectivity index (χ1v) is 13.5. The number of imide groups is 1. The van der Waals surface area contributed by atoms with Gasteiger partial charge in [-0.15, -0.1) is 0 Å². The van der Waals surface area contributed by atoms with E-state index in [1.54, 1.807) is 29.2 Å². The number of hydrogen-bond donors (Lipinski definition) is 1. The highest BCUT2D eigenvalue weighted by Crippen LogP contribution is 2.24. The van der Waals surface area contributed by atoms with Crippen LogP contribution in [0.2, 0.25) is 0 Å². The van der Waals surface area contributed by atoms with E-state index in [1.807, 2.05) is 38.1 Å². The van der Waals surface area contributed by atoms with Crippen LogP contribution in [-0.2, 0) is 16.1 Å². The lowest BCUT2D eigenvalue weighted by Gasteiger charge is -2.33. The van der Waals surface area contributed by atoms with E-state index in [2.05, 4.69) is 5.32 Å². The van der Waals surface area contributed by atoms with Crippen molar-refractivity contribution in [2.75, 3.05) is 6.54 Å². The summed E-state index contributed by atoms with van der Waals surface area (Å²) < 4.78 is 0. The maximum absolute atomic E-state index is 13.6. The van der Waals surface area contributed by atoms with Crippen molar-refractivity contribution in [1.29, 1.82) is 0 Å². The average molecular weight is 504 g/mol. The molecule has 1 heterocycles. The Bertz CT molecular complexity index is 1120. The van der Waals surface area contributed by atoms with Gasteiger partial charge in [-0.25, -0.2) is 0 Å². The highest BCUT2D eigenvalue weighted by molar-refractivity contribution is 6.21. The van der Waals surface area contributed by atoms with Crippen molar-refractivity contribution in [3.8, 4) is 0 Å². The number of aryl methyl sites for hydroxylation is 1. The quantitative estimate of drug-likeness (QED) is 0.479. The number of carbonyl (C=O) groups excluding carboxylic acids is 4. The summed E-state index contributed by atoms with van der Waals surface area (Å²) in [5.41, 5.74) is 2.88. The third-order valence-corrected chi connectivity index (χ3v) is 7.59. The van der Waals surface area contributed by atoms with Crippen LogP contribution < -0.4 is 5.32 Å². The molecule has 37 heavy (non-hydrogen) atoms. The predicted molar refractivity (Wildman–Crippen MR) is 142 cm³/mol. The van der Waals surface area contributed by atoms with Crippen molar-refractivity contribution in [3.05, 3.63) is 70.8 Å². The van der Waals surface area contributed by atoms with Gasteiger partial charge in [0.2, 0.25) is 11.8 Å². The number of benzene rings is 2. The molecule has 4 rings (SSSR count). The molecule has 1 atom stereocenters. The van der Waals surface area contributed by atoms with Gasteiger partial charge in [-0.1, -0.05) is 62.6 Å². The van der Waals surface area contributed by atoms with Crippen molar-refractivity contribution in [2.45, 2.75) is 83.8 Å². The molecule has 0 spiro atoms. The highest BCUT2D eigenvalue weighted by atomic mass is 16.2. The van der Waals surface area contributed by atoms with Gasteiger partial charge in [0.15, 0.2) is 0 Å². The van der Waals surface area contributed by atoms with Crippen LogP contribution in [0.3, 0.4) is 0 Å². The normalized spacial score (nSPS) is 16.4. The van der Waals surface area contributed by atoms with Crippen LogP contribution in [0.15, 0.2) is 48.5 Å². The van der Waals surface area contributed by atoms with E-state index in [-0.39, 0.29) is 42.6 Å². The van der Waals surface area contributed by atoms with E-state index in [1.165, 1.54) is 11.3 Å². The molecule has 2 aliphatic rings. The van der Waals surface area contributed by atoms with E-state index in [4.69, 9.17) is 0 Å². The molecule has 1 aliphatic carbocycles. The van der Waals surface area contributed by atoms with Gasteiger partial charge in [0.1, 0.15) is 6.04 Å². The number of nitrogens with zero attached hydrogens (tertiary/aromatic N) is 2. The summed E-state index contributed by atoms with van der Waals surface area (Å²) in [7, 11) is 0. The summed E-state index contributed by atoms with van der Waals surface area (Å²) in [6.45, 7) is 4.45. The Morgan fingerprint density at radius 3 is 2.22 bits per heavy atom. The molecule has 4 amide bonds. The Labute approximate surface area is 219 Å². The van der Waals surface area contributed by atoms with Gasteiger partial charge in [0, 0.05) is 25.6 Å². The number of nitrogens with one attached hydrogen (secondary N) is 1. The molecule has 0 radical (unpaired) electrons. The lowest BCUT2D eigenvalue weighted by atomic mass is 9.95. The van der Waals surface area contributed by atoms with Crippen molar-refractivity contribution >= 4 is 23.6 Å². The number of carbonyl (C=O) groups is 4. The molecule has 0 bridgehead atoms. The number of hydrogen-bond acceptors (Lipinski definition) is 4. The maximum atomic E-state index is 13.6. The zero-order valence-corrected chi connectivity index (χ0v) is 21.9. The minimum absolute atomic E-state index is 0.100. The molecule has 1 N–H and O–H groups in total. The first kappa shape index (κ1) is 26.6. The Kier molecular flexibility index (Phi) is 8.74. The first-order chi connectivity index (χ1) is 17.9. The van der Waals surface area contributed by atoms with Crippen LogP contribution in [0.25, 0.3) is 0 Å². The van der Waals surface area contributed by atoms with Gasteiger partial charge in [0.05, 0.1) is 11.1 Å². The van der Waals surface area contributed by atoms with Crippen LogP contribution in [0.5, 0.6) is 0 Å². The molecule has 1 saturated carbocycles. The Balaban J connectivity index is 1.45. The van der Waals surface area contributed by atoms with Crippen molar-refractivity contribution in [3.63, 3.8) is 0 Å². The smallest absolute Gasteiger partial charge is 0.261 e. The number of fused-ring (bicyclic) bond motifs is 1. The fraction of sp³-hybridized carbons (Fsp3) is 0.467. The van der Waals surface area contributed by atoms with Crippen molar-refractivity contribution < 1.29 is 19.2 Å². The fourth-order valence-corrected chi connectivity index (χ4v) is 5.41. The van der Waals surface area contributed by atoms with E-state index in [9.17, 15) is 19.2 Å². The van der Waals surface area contributed by atoms with E-state index in [0.29, 0.717) is 30.5 Å². The molecule has 0 saturated heterocycles. The largest absolute Gasteiger partial charge is 0.352 e. The Hall–Kier alpha value is -3.48. The summed E-state index contributed by atoms with van der Waals surface area (Å²) in [5, 5.41) is 3.20. The second-order valence-electron chi connectivity index (χ2n) is 10.1. The maximum Gasteiger partial charge on any atom is 0.261 e.